The number of benzene rings is 1. The van der Waals surface area contributed by atoms with E-state index in [1.54, 1.807) is 11.3 Å². The molecular weight excluding hydrogens is 304 g/mol. The Bertz CT molecular complexity index is 583. The zero-order valence-corrected chi connectivity index (χ0v) is 13.0. The van der Waals surface area contributed by atoms with Gasteiger partial charge in [0.05, 0.1) is 5.02 Å². The summed E-state index contributed by atoms with van der Waals surface area (Å²) >= 11 is 13.8. The Kier molecular flexibility index (Phi) is 4.85. The molecule has 5 heteroatoms. The minimum Gasteiger partial charge on any atom is -0.306 e. The van der Waals surface area contributed by atoms with Crippen molar-refractivity contribution in [2.75, 3.05) is 0 Å². The van der Waals surface area contributed by atoms with Gasteiger partial charge in [0.25, 0.3) is 0 Å². The van der Waals surface area contributed by atoms with Crippen LogP contribution in [0.5, 0.6) is 0 Å². The molecule has 0 spiro atoms. The van der Waals surface area contributed by atoms with Crippen LogP contribution in [0.3, 0.4) is 0 Å². The van der Waals surface area contributed by atoms with Gasteiger partial charge in [0.15, 0.2) is 0 Å². The van der Waals surface area contributed by atoms with Crippen molar-refractivity contribution in [3.63, 3.8) is 0 Å². The van der Waals surface area contributed by atoms with Crippen LogP contribution < -0.4 is 5.32 Å². The Hall–Kier alpha value is -0.610. The lowest BCUT2D eigenvalue weighted by atomic mass is 10.1. The monoisotopic (exact) mass is 317 g/mol. The number of hydrogen-bond donors (Lipinski definition) is 1. The first kappa shape index (κ1) is 14.8. The molecule has 102 valence electrons. The van der Waals surface area contributed by atoms with E-state index in [0.29, 0.717) is 17.1 Å². The fourth-order valence-electron chi connectivity index (χ4n) is 1.87. The van der Waals surface area contributed by atoms with Gasteiger partial charge in [0, 0.05) is 23.2 Å². The molecule has 2 rings (SSSR count). The molecule has 1 unspecified atom stereocenters. The zero-order chi connectivity index (χ0) is 14.0. The van der Waals surface area contributed by atoms with Crippen LogP contribution in [-0.2, 0) is 6.54 Å². The van der Waals surface area contributed by atoms with Crippen LogP contribution in [0.4, 0.5) is 4.39 Å². The standard InChI is InChI=1S/C14H14Cl2FNS/c1-8-6-19-7-10(8)5-18-9(2)13-11(15)3-4-12(17)14(13)16/h3-4,6-7,9,18H,5H2,1-2H3. The highest BCUT2D eigenvalue weighted by Gasteiger charge is 2.16. The van der Waals surface area contributed by atoms with E-state index in [-0.39, 0.29) is 11.1 Å². The fourth-order valence-corrected chi connectivity index (χ4v) is 3.43. The van der Waals surface area contributed by atoms with E-state index in [1.165, 1.54) is 23.3 Å². The van der Waals surface area contributed by atoms with Crippen LogP contribution in [0, 0.1) is 12.7 Å². The summed E-state index contributed by atoms with van der Waals surface area (Å²) in [4.78, 5) is 0. The molecule has 0 radical (unpaired) electrons. The maximum absolute atomic E-state index is 13.5. The van der Waals surface area contributed by atoms with Gasteiger partial charge in [-0.25, -0.2) is 4.39 Å². The fraction of sp³-hybridized carbons (Fsp3) is 0.286. The normalized spacial score (nSPS) is 12.7. The van der Waals surface area contributed by atoms with Crippen LogP contribution >= 0.6 is 34.5 Å². The van der Waals surface area contributed by atoms with Crippen LogP contribution in [0.25, 0.3) is 0 Å². The van der Waals surface area contributed by atoms with E-state index >= 15 is 0 Å². The number of thiophene rings is 1. The molecule has 1 atom stereocenters. The van der Waals surface area contributed by atoms with Gasteiger partial charge >= 0.3 is 0 Å². The summed E-state index contributed by atoms with van der Waals surface area (Å²) in [5, 5.41) is 8.10. The smallest absolute Gasteiger partial charge is 0.142 e. The highest BCUT2D eigenvalue weighted by atomic mass is 35.5. The second-order valence-electron chi connectivity index (χ2n) is 4.44. The highest BCUT2D eigenvalue weighted by Crippen LogP contribution is 2.32. The van der Waals surface area contributed by atoms with Crippen LogP contribution in [-0.4, -0.2) is 0 Å². The van der Waals surface area contributed by atoms with Crippen LogP contribution in [0.1, 0.15) is 29.7 Å². The summed E-state index contributed by atoms with van der Waals surface area (Å²) in [7, 11) is 0. The Labute approximate surface area is 126 Å². The summed E-state index contributed by atoms with van der Waals surface area (Å²) in [6.07, 6.45) is 0. The molecule has 0 aliphatic rings. The SMILES string of the molecule is Cc1cscc1CNC(C)c1c(Cl)ccc(F)c1Cl. The van der Waals surface area contributed by atoms with Crippen molar-refractivity contribution in [3.05, 3.63) is 55.4 Å². The van der Waals surface area contributed by atoms with Crippen molar-refractivity contribution in [1.29, 1.82) is 0 Å². The van der Waals surface area contributed by atoms with Crippen molar-refractivity contribution in [1.82, 2.24) is 5.32 Å². The number of aryl methyl sites for hydroxylation is 1. The third-order valence-electron chi connectivity index (χ3n) is 3.07. The molecule has 1 N–H and O–H groups in total. The lowest BCUT2D eigenvalue weighted by molar-refractivity contribution is 0.565. The van der Waals surface area contributed by atoms with E-state index < -0.39 is 5.82 Å². The minimum atomic E-state index is -0.443. The molecule has 1 heterocycles. The van der Waals surface area contributed by atoms with Gasteiger partial charge in [-0.05, 0) is 47.9 Å². The van der Waals surface area contributed by atoms with Crippen molar-refractivity contribution < 1.29 is 4.39 Å². The van der Waals surface area contributed by atoms with Crippen molar-refractivity contribution in [3.8, 4) is 0 Å². The first-order valence-electron chi connectivity index (χ1n) is 5.89. The van der Waals surface area contributed by atoms with E-state index in [2.05, 4.69) is 23.0 Å². The molecule has 0 saturated carbocycles. The molecule has 1 aromatic carbocycles. The van der Waals surface area contributed by atoms with Gasteiger partial charge < -0.3 is 5.32 Å². The van der Waals surface area contributed by atoms with Crippen molar-refractivity contribution in [2.45, 2.75) is 26.4 Å². The zero-order valence-electron chi connectivity index (χ0n) is 10.6. The first-order valence-corrected chi connectivity index (χ1v) is 7.59. The van der Waals surface area contributed by atoms with Gasteiger partial charge in [-0.1, -0.05) is 23.2 Å². The number of hydrogen-bond acceptors (Lipinski definition) is 2. The molecule has 2 aromatic rings. The van der Waals surface area contributed by atoms with Gasteiger partial charge in [0.2, 0.25) is 0 Å². The second-order valence-corrected chi connectivity index (χ2v) is 5.97. The summed E-state index contributed by atoms with van der Waals surface area (Å²) in [6, 6.07) is 2.70. The predicted octanol–water partition coefficient (Wildman–Crippen LogP) is 5.35. The van der Waals surface area contributed by atoms with E-state index in [4.69, 9.17) is 23.2 Å². The van der Waals surface area contributed by atoms with Gasteiger partial charge in [-0.3, -0.25) is 0 Å². The van der Waals surface area contributed by atoms with Gasteiger partial charge in [0.1, 0.15) is 5.82 Å². The Balaban J connectivity index is 2.14. The van der Waals surface area contributed by atoms with Gasteiger partial charge in [-0.15, -0.1) is 0 Å². The molecule has 1 aromatic heterocycles. The first-order chi connectivity index (χ1) is 9.00. The van der Waals surface area contributed by atoms with Gasteiger partial charge in [-0.2, -0.15) is 11.3 Å². The molecule has 19 heavy (non-hydrogen) atoms. The second kappa shape index (κ2) is 6.23. The summed E-state index contributed by atoms with van der Waals surface area (Å²) < 4.78 is 13.5. The lowest BCUT2D eigenvalue weighted by Gasteiger charge is -2.17. The molecule has 0 amide bonds. The van der Waals surface area contributed by atoms with Crippen molar-refractivity contribution in [2.24, 2.45) is 0 Å². The van der Waals surface area contributed by atoms with E-state index in [0.717, 1.165) is 0 Å². The lowest BCUT2D eigenvalue weighted by Crippen LogP contribution is -2.19. The third-order valence-corrected chi connectivity index (χ3v) is 4.70. The quantitative estimate of drug-likeness (QED) is 0.749. The predicted molar refractivity (Wildman–Crippen MR) is 80.7 cm³/mol. The average Bonchev–Trinajstić information content (AvgIpc) is 2.77. The summed E-state index contributed by atoms with van der Waals surface area (Å²) in [5.41, 5.74) is 3.10. The van der Waals surface area contributed by atoms with Crippen molar-refractivity contribution >= 4 is 34.5 Å². The van der Waals surface area contributed by atoms with E-state index in [1.807, 2.05) is 6.92 Å². The van der Waals surface area contributed by atoms with Crippen LogP contribution in [0.15, 0.2) is 22.9 Å². The summed E-state index contributed by atoms with van der Waals surface area (Å²) in [6.45, 7) is 4.70. The highest BCUT2D eigenvalue weighted by molar-refractivity contribution is 7.08. The maximum atomic E-state index is 13.5. The Morgan fingerprint density at radius 2 is 2.05 bits per heavy atom. The maximum Gasteiger partial charge on any atom is 0.142 e. The molecule has 0 fully saturated rings. The molecule has 1 nitrogen and oxygen atoms in total. The largest absolute Gasteiger partial charge is 0.306 e. The summed E-state index contributed by atoms with van der Waals surface area (Å²) in [5.74, 6) is -0.443. The molecule has 0 aliphatic carbocycles. The topological polar surface area (TPSA) is 12.0 Å². The molecule has 0 saturated heterocycles. The number of rotatable bonds is 4. The van der Waals surface area contributed by atoms with E-state index in [9.17, 15) is 4.39 Å². The molecule has 0 aliphatic heterocycles. The molecular formula is C14H14Cl2FNS. The Morgan fingerprint density at radius 3 is 2.68 bits per heavy atom. The third kappa shape index (κ3) is 3.29. The van der Waals surface area contributed by atoms with Crippen LogP contribution in [0.2, 0.25) is 10.0 Å². The number of nitrogens with one attached hydrogen (secondary N) is 1. The Morgan fingerprint density at radius 1 is 1.32 bits per heavy atom. The average molecular weight is 318 g/mol. The number of halogens is 3. The minimum absolute atomic E-state index is 0.0922. The molecule has 0 bridgehead atoms.